The fourth-order valence-electron chi connectivity index (χ4n) is 4.47. The van der Waals surface area contributed by atoms with Crippen molar-refractivity contribution in [1.29, 1.82) is 0 Å². The van der Waals surface area contributed by atoms with E-state index in [0.29, 0.717) is 24.3 Å². The standard InChI is InChI=1S/C23H21N7O3/c1-12-14-6-4-5-7-17(14)32-20(12)19-18-16(24-11-25-18)8-9-30(19)23(31)22-28-27-21(33-22)15-10-26-29(3)13(15)2/h4-7,10-11,19H,8-9H2,1-3H3,(H,24,25)/t19-/m0/s1. The Morgan fingerprint density at radius 2 is 2.03 bits per heavy atom. The lowest BCUT2D eigenvalue weighted by Crippen LogP contribution is -2.41. The van der Waals surface area contributed by atoms with Gasteiger partial charge in [0.15, 0.2) is 0 Å². The fraction of sp³-hybridized carbons (Fsp3) is 0.261. The predicted molar refractivity (Wildman–Crippen MR) is 117 cm³/mol. The van der Waals surface area contributed by atoms with Gasteiger partial charge in [-0.2, -0.15) is 5.10 Å². The Bertz CT molecular complexity index is 1510. The number of para-hydroxylation sites is 1. The molecule has 0 unspecified atom stereocenters. The molecule has 1 atom stereocenters. The molecule has 0 aliphatic carbocycles. The number of aromatic nitrogens is 6. The molecule has 1 aliphatic rings. The molecule has 4 aromatic heterocycles. The fourth-order valence-corrected chi connectivity index (χ4v) is 4.47. The number of hydrogen-bond acceptors (Lipinski definition) is 7. The van der Waals surface area contributed by atoms with Crippen LogP contribution in [0.2, 0.25) is 0 Å². The number of imidazole rings is 1. The van der Waals surface area contributed by atoms with Crippen molar-refractivity contribution < 1.29 is 13.6 Å². The highest BCUT2D eigenvalue weighted by atomic mass is 16.4. The van der Waals surface area contributed by atoms with Crippen molar-refractivity contribution in [3.05, 3.63) is 71.1 Å². The minimum atomic E-state index is -0.504. The number of aryl methyl sites for hydroxylation is 2. The first kappa shape index (κ1) is 19.5. The van der Waals surface area contributed by atoms with Crippen LogP contribution < -0.4 is 0 Å². The lowest BCUT2D eigenvalue weighted by Gasteiger charge is -2.33. The first-order valence-corrected chi connectivity index (χ1v) is 10.7. The lowest BCUT2D eigenvalue weighted by molar-refractivity contribution is 0.0632. The third kappa shape index (κ3) is 2.90. The molecule has 0 fully saturated rings. The van der Waals surface area contributed by atoms with E-state index in [1.807, 2.05) is 45.2 Å². The molecule has 10 heteroatoms. The van der Waals surface area contributed by atoms with Crippen molar-refractivity contribution in [2.75, 3.05) is 6.54 Å². The van der Waals surface area contributed by atoms with Gasteiger partial charge in [-0.1, -0.05) is 18.2 Å². The van der Waals surface area contributed by atoms with E-state index < -0.39 is 6.04 Å². The molecule has 0 radical (unpaired) electrons. The summed E-state index contributed by atoms with van der Waals surface area (Å²) < 4.78 is 13.8. The van der Waals surface area contributed by atoms with Gasteiger partial charge in [-0.05, 0) is 19.9 Å². The molecule has 0 saturated heterocycles. The van der Waals surface area contributed by atoms with Crippen LogP contribution in [-0.4, -0.2) is 47.3 Å². The molecule has 33 heavy (non-hydrogen) atoms. The van der Waals surface area contributed by atoms with E-state index in [1.54, 1.807) is 22.1 Å². The van der Waals surface area contributed by atoms with Crippen molar-refractivity contribution in [3.8, 4) is 11.5 Å². The summed E-state index contributed by atoms with van der Waals surface area (Å²) in [5, 5.41) is 13.4. The Morgan fingerprint density at radius 1 is 1.18 bits per heavy atom. The molecule has 0 bridgehead atoms. The Balaban J connectivity index is 1.43. The molecule has 5 heterocycles. The third-order valence-electron chi connectivity index (χ3n) is 6.39. The number of nitrogens with one attached hydrogen (secondary N) is 1. The van der Waals surface area contributed by atoms with Crippen molar-refractivity contribution in [2.45, 2.75) is 26.3 Å². The first-order valence-electron chi connectivity index (χ1n) is 10.7. The van der Waals surface area contributed by atoms with Gasteiger partial charge in [-0.15, -0.1) is 10.2 Å². The molecule has 10 nitrogen and oxygen atoms in total. The van der Waals surface area contributed by atoms with Crippen LogP contribution in [0.5, 0.6) is 0 Å². The zero-order valence-corrected chi connectivity index (χ0v) is 18.4. The van der Waals surface area contributed by atoms with Crippen molar-refractivity contribution in [2.24, 2.45) is 7.05 Å². The molecule has 1 aromatic carbocycles. The summed E-state index contributed by atoms with van der Waals surface area (Å²) in [4.78, 5) is 23.0. The van der Waals surface area contributed by atoms with Crippen LogP contribution in [0.3, 0.4) is 0 Å². The van der Waals surface area contributed by atoms with Crippen LogP contribution in [0.4, 0.5) is 0 Å². The Hall–Kier alpha value is -4.21. The molecule has 1 amide bonds. The average Bonchev–Trinajstić information content (AvgIpc) is 3.61. The number of nitrogens with zero attached hydrogens (tertiary/aromatic N) is 6. The number of amides is 1. The summed E-state index contributed by atoms with van der Waals surface area (Å²) in [7, 11) is 1.83. The number of rotatable bonds is 3. The normalized spacial score (nSPS) is 15.8. The zero-order valence-electron chi connectivity index (χ0n) is 18.4. The average molecular weight is 443 g/mol. The van der Waals surface area contributed by atoms with Gasteiger partial charge in [0.25, 0.3) is 5.89 Å². The van der Waals surface area contributed by atoms with E-state index in [4.69, 9.17) is 8.83 Å². The number of carbonyl (C=O) groups excluding carboxylic acids is 1. The second kappa shape index (κ2) is 7.16. The number of furan rings is 1. The van der Waals surface area contributed by atoms with E-state index in [9.17, 15) is 4.79 Å². The molecule has 6 rings (SSSR count). The van der Waals surface area contributed by atoms with E-state index in [0.717, 1.165) is 33.6 Å². The topological polar surface area (TPSA) is 119 Å². The SMILES string of the molecule is Cc1c([C@@H]2c3nc[nH]c3CCN2C(=O)c2nnc(-c3cnn(C)c3C)o2)oc2ccccc12. The van der Waals surface area contributed by atoms with Crippen LogP contribution in [-0.2, 0) is 13.5 Å². The van der Waals surface area contributed by atoms with Gasteiger partial charge in [0.05, 0.1) is 23.8 Å². The van der Waals surface area contributed by atoms with Gasteiger partial charge in [-0.25, -0.2) is 4.98 Å². The summed E-state index contributed by atoms with van der Waals surface area (Å²) in [6.45, 7) is 4.36. The summed E-state index contributed by atoms with van der Waals surface area (Å²) in [5.74, 6) is 0.498. The quantitative estimate of drug-likeness (QED) is 0.454. The number of benzene rings is 1. The lowest BCUT2D eigenvalue weighted by atomic mass is 9.97. The second-order valence-electron chi connectivity index (χ2n) is 8.18. The molecule has 5 aromatic rings. The first-order chi connectivity index (χ1) is 16.0. The molecule has 1 N–H and O–H groups in total. The molecular formula is C23H21N7O3. The second-order valence-corrected chi connectivity index (χ2v) is 8.18. The maximum atomic E-state index is 13.6. The Kier molecular flexibility index (Phi) is 4.22. The van der Waals surface area contributed by atoms with Gasteiger partial charge in [0.2, 0.25) is 0 Å². The maximum absolute atomic E-state index is 13.6. The van der Waals surface area contributed by atoms with Gasteiger partial charge in [-0.3, -0.25) is 9.48 Å². The number of carbonyl (C=O) groups is 1. The van der Waals surface area contributed by atoms with Crippen molar-refractivity contribution >= 4 is 16.9 Å². The van der Waals surface area contributed by atoms with E-state index in [-0.39, 0.29) is 17.7 Å². The largest absolute Gasteiger partial charge is 0.458 e. The van der Waals surface area contributed by atoms with Crippen LogP contribution in [0.1, 0.15) is 45.1 Å². The van der Waals surface area contributed by atoms with Gasteiger partial charge >= 0.3 is 11.8 Å². The number of aromatic amines is 1. The van der Waals surface area contributed by atoms with E-state index >= 15 is 0 Å². The summed E-state index contributed by atoms with van der Waals surface area (Å²) >= 11 is 0. The van der Waals surface area contributed by atoms with Gasteiger partial charge in [0, 0.05) is 42.4 Å². The minimum Gasteiger partial charge on any atom is -0.458 e. The van der Waals surface area contributed by atoms with Crippen molar-refractivity contribution in [3.63, 3.8) is 0 Å². The number of H-pyrrole nitrogens is 1. The smallest absolute Gasteiger partial charge is 0.312 e. The highest BCUT2D eigenvalue weighted by Crippen LogP contribution is 2.39. The van der Waals surface area contributed by atoms with Crippen LogP contribution in [0.15, 0.2) is 45.6 Å². The molecule has 0 saturated carbocycles. The number of hydrogen-bond donors (Lipinski definition) is 1. The number of fused-ring (bicyclic) bond motifs is 2. The molecule has 166 valence electrons. The maximum Gasteiger partial charge on any atom is 0.312 e. The van der Waals surface area contributed by atoms with Gasteiger partial charge < -0.3 is 18.7 Å². The van der Waals surface area contributed by atoms with E-state index in [2.05, 4.69) is 25.3 Å². The van der Waals surface area contributed by atoms with Crippen LogP contribution in [0, 0.1) is 13.8 Å². The van der Waals surface area contributed by atoms with Crippen molar-refractivity contribution in [1.82, 2.24) is 34.8 Å². The minimum absolute atomic E-state index is 0.0778. The third-order valence-corrected chi connectivity index (χ3v) is 6.39. The monoisotopic (exact) mass is 443 g/mol. The van der Waals surface area contributed by atoms with Crippen LogP contribution >= 0.6 is 0 Å². The summed E-state index contributed by atoms with van der Waals surface area (Å²) in [6.07, 6.45) is 3.94. The highest BCUT2D eigenvalue weighted by Gasteiger charge is 2.39. The predicted octanol–water partition coefficient (Wildman–Crippen LogP) is 3.34. The van der Waals surface area contributed by atoms with E-state index in [1.165, 1.54) is 0 Å². The molecule has 0 spiro atoms. The Labute approximate surface area is 188 Å². The molecule has 1 aliphatic heterocycles. The molecular weight excluding hydrogens is 422 g/mol. The summed E-state index contributed by atoms with van der Waals surface area (Å²) in [6, 6.07) is 7.33. The zero-order chi connectivity index (χ0) is 22.7. The van der Waals surface area contributed by atoms with Crippen LogP contribution in [0.25, 0.3) is 22.4 Å². The summed E-state index contributed by atoms with van der Waals surface area (Å²) in [5.41, 5.74) is 5.06. The van der Waals surface area contributed by atoms with Gasteiger partial charge in [0.1, 0.15) is 17.4 Å². The Morgan fingerprint density at radius 3 is 2.82 bits per heavy atom. The highest BCUT2D eigenvalue weighted by molar-refractivity contribution is 5.91.